The van der Waals surface area contributed by atoms with Crippen molar-refractivity contribution in [1.82, 2.24) is 10.6 Å². The van der Waals surface area contributed by atoms with Gasteiger partial charge >= 0.3 is 0 Å². The lowest BCUT2D eigenvalue weighted by atomic mass is 10.1. The number of aryl methyl sites for hydroxylation is 1. The molecule has 0 aliphatic carbocycles. The summed E-state index contributed by atoms with van der Waals surface area (Å²) < 4.78 is 0. The maximum absolute atomic E-state index is 12.1. The predicted octanol–water partition coefficient (Wildman–Crippen LogP) is 1.93. The molecular weight excluding hydrogens is 278 g/mol. The Morgan fingerprint density at radius 2 is 2.14 bits per heavy atom. The second-order valence-corrected chi connectivity index (χ2v) is 6.31. The van der Waals surface area contributed by atoms with Gasteiger partial charge in [0.2, 0.25) is 5.91 Å². The first-order chi connectivity index (χ1) is 10.5. The van der Waals surface area contributed by atoms with E-state index in [1.807, 2.05) is 13.0 Å². The molecule has 1 aliphatic rings. The van der Waals surface area contributed by atoms with Crippen molar-refractivity contribution in [2.75, 3.05) is 25.0 Å². The van der Waals surface area contributed by atoms with Crippen LogP contribution in [-0.4, -0.2) is 31.4 Å². The van der Waals surface area contributed by atoms with Crippen LogP contribution in [0.5, 0.6) is 0 Å². The van der Waals surface area contributed by atoms with E-state index in [2.05, 4.69) is 29.8 Å². The highest BCUT2D eigenvalue weighted by Gasteiger charge is 2.22. The molecule has 5 nitrogen and oxygen atoms in total. The Labute approximate surface area is 131 Å². The highest BCUT2D eigenvalue weighted by Crippen LogP contribution is 2.19. The van der Waals surface area contributed by atoms with Crippen LogP contribution in [-0.2, 0) is 4.79 Å². The van der Waals surface area contributed by atoms with E-state index < -0.39 is 0 Å². The van der Waals surface area contributed by atoms with Crippen molar-refractivity contribution >= 4 is 17.5 Å². The van der Waals surface area contributed by atoms with Gasteiger partial charge in [-0.1, -0.05) is 13.8 Å². The van der Waals surface area contributed by atoms with Crippen molar-refractivity contribution in [2.24, 2.45) is 11.8 Å². The van der Waals surface area contributed by atoms with Gasteiger partial charge in [0.15, 0.2) is 0 Å². The molecule has 1 atom stereocenters. The van der Waals surface area contributed by atoms with Crippen LogP contribution in [0.4, 0.5) is 5.69 Å². The fourth-order valence-corrected chi connectivity index (χ4v) is 2.46. The van der Waals surface area contributed by atoms with Gasteiger partial charge < -0.3 is 16.0 Å². The summed E-state index contributed by atoms with van der Waals surface area (Å²) in [6.07, 6.45) is 0.876. The molecule has 120 valence electrons. The van der Waals surface area contributed by atoms with Crippen LogP contribution < -0.4 is 16.0 Å². The Kier molecular flexibility index (Phi) is 5.55. The molecule has 22 heavy (non-hydrogen) atoms. The van der Waals surface area contributed by atoms with Crippen molar-refractivity contribution in [3.05, 3.63) is 29.3 Å². The molecule has 0 spiro atoms. The zero-order valence-electron chi connectivity index (χ0n) is 13.5. The van der Waals surface area contributed by atoms with Crippen LogP contribution in [0.3, 0.4) is 0 Å². The van der Waals surface area contributed by atoms with E-state index in [4.69, 9.17) is 0 Å². The van der Waals surface area contributed by atoms with E-state index in [0.29, 0.717) is 18.0 Å². The Morgan fingerprint density at radius 1 is 1.36 bits per heavy atom. The molecule has 2 amide bonds. The zero-order valence-corrected chi connectivity index (χ0v) is 13.5. The van der Waals surface area contributed by atoms with Gasteiger partial charge in [0.1, 0.15) is 0 Å². The largest absolute Gasteiger partial charge is 0.352 e. The molecule has 5 heteroatoms. The van der Waals surface area contributed by atoms with Gasteiger partial charge in [0.05, 0.1) is 5.92 Å². The summed E-state index contributed by atoms with van der Waals surface area (Å²) in [5.41, 5.74) is 2.30. The first-order valence-electron chi connectivity index (χ1n) is 7.88. The zero-order chi connectivity index (χ0) is 16.1. The number of nitrogens with one attached hydrogen (secondary N) is 3. The Balaban J connectivity index is 1.99. The molecule has 1 unspecified atom stereocenters. The van der Waals surface area contributed by atoms with E-state index in [1.165, 1.54) is 0 Å². The third kappa shape index (κ3) is 4.31. The van der Waals surface area contributed by atoms with Gasteiger partial charge in [-0.25, -0.2) is 0 Å². The minimum atomic E-state index is -0.0744. The minimum absolute atomic E-state index is 0.0356. The van der Waals surface area contributed by atoms with Gasteiger partial charge in [0, 0.05) is 24.3 Å². The van der Waals surface area contributed by atoms with Crippen LogP contribution in [0.15, 0.2) is 18.2 Å². The monoisotopic (exact) mass is 303 g/mol. The number of hydrogen-bond acceptors (Lipinski definition) is 3. The first-order valence-corrected chi connectivity index (χ1v) is 7.88. The van der Waals surface area contributed by atoms with Crippen molar-refractivity contribution < 1.29 is 9.59 Å². The summed E-state index contributed by atoms with van der Waals surface area (Å²) in [5.74, 6) is 0.428. The molecule has 0 saturated carbocycles. The number of rotatable bonds is 5. The highest BCUT2D eigenvalue weighted by atomic mass is 16.2. The molecule has 2 rings (SSSR count). The molecule has 1 aromatic carbocycles. The molecule has 1 aromatic rings. The maximum Gasteiger partial charge on any atom is 0.251 e. The average Bonchev–Trinajstić information content (AvgIpc) is 3.01. The number of anilines is 1. The van der Waals surface area contributed by atoms with Crippen molar-refractivity contribution in [2.45, 2.75) is 27.2 Å². The van der Waals surface area contributed by atoms with E-state index in [1.54, 1.807) is 12.1 Å². The summed E-state index contributed by atoms with van der Waals surface area (Å²) >= 11 is 0. The summed E-state index contributed by atoms with van der Waals surface area (Å²) in [7, 11) is 0. The Bertz CT molecular complexity index is 549. The van der Waals surface area contributed by atoms with Crippen LogP contribution in [0, 0.1) is 18.8 Å². The van der Waals surface area contributed by atoms with Crippen LogP contribution in [0.2, 0.25) is 0 Å². The lowest BCUT2D eigenvalue weighted by molar-refractivity contribution is -0.119. The topological polar surface area (TPSA) is 70.2 Å². The average molecular weight is 303 g/mol. The summed E-state index contributed by atoms with van der Waals surface area (Å²) in [6.45, 7) is 8.31. The first kappa shape index (κ1) is 16.5. The highest BCUT2D eigenvalue weighted by molar-refractivity contribution is 5.97. The van der Waals surface area contributed by atoms with Gasteiger partial charge in [-0.3, -0.25) is 9.59 Å². The maximum atomic E-state index is 12.1. The van der Waals surface area contributed by atoms with Crippen molar-refractivity contribution in [1.29, 1.82) is 0 Å². The second kappa shape index (κ2) is 7.40. The molecule has 3 N–H and O–H groups in total. The number of carbonyl (C=O) groups is 2. The van der Waals surface area contributed by atoms with E-state index in [-0.39, 0.29) is 17.7 Å². The summed E-state index contributed by atoms with van der Waals surface area (Å²) in [5, 5.41) is 9.04. The van der Waals surface area contributed by atoms with Crippen LogP contribution >= 0.6 is 0 Å². The lowest BCUT2D eigenvalue weighted by Crippen LogP contribution is -2.27. The molecule has 0 bridgehead atoms. The summed E-state index contributed by atoms with van der Waals surface area (Å²) in [4.78, 5) is 24.2. The smallest absolute Gasteiger partial charge is 0.251 e. The van der Waals surface area contributed by atoms with Crippen molar-refractivity contribution in [3.8, 4) is 0 Å². The minimum Gasteiger partial charge on any atom is -0.352 e. The summed E-state index contributed by atoms with van der Waals surface area (Å²) in [6, 6.07) is 5.38. The third-order valence-corrected chi connectivity index (χ3v) is 3.85. The Hall–Kier alpha value is -1.88. The number of amides is 2. The molecule has 0 aromatic heterocycles. The number of carbonyl (C=O) groups excluding carboxylic acids is 2. The fraction of sp³-hybridized carbons (Fsp3) is 0.529. The van der Waals surface area contributed by atoms with Gasteiger partial charge in [-0.2, -0.15) is 0 Å². The third-order valence-electron chi connectivity index (χ3n) is 3.85. The predicted molar refractivity (Wildman–Crippen MR) is 88.0 cm³/mol. The lowest BCUT2D eigenvalue weighted by Gasteiger charge is -2.13. The van der Waals surface area contributed by atoms with Gasteiger partial charge in [0.25, 0.3) is 5.91 Å². The van der Waals surface area contributed by atoms with E-state index in [9.17, 15) is 9.59 Å². The molecule has 1 heterocycles. The standard InChI is InChI=1S/C17H25N3O2/c1-11(2)9-19-16(21)13-4-5-15(12(3)8-13)20-17(22)14-6-7-18-10-14/h4-5,8,11,14,18H,6-7,9-10H2,1-3H3,(H,19,21)(H,20,22). The molecular formula is C17H25N3O2. The van der Waals surface area contributed by atoms with Crippen LogP contribution in [0.1, 0.15) is 36.2 Å². The van der Waals surface area contributed by atoms with E-state index in [0.717, 1.165) is 30.8 Å². The second-order valence-electron chi connectivity index (χ2n) is 6.31. The molecule has 1 aliphatic heterocycles. The molecule has 1 saturated heterocycles. The molecule has 1 fully saturated rings. The van der Waals surface area contributed by atoms with Gasteiger partial charge in [-0.15, -0.1) is 0 Å². The number of benzene rings is 1. The molecule has 0 radical (unpaired) electrons. The van der Waals surface area contributed by atoms with Crippen molar-refractivity contribution in [3.63, 3.8) is 0 Å². The Morgan fingerprint density at radius 3 is 2.73 bits per heavy atom. The normalized spacial score (nSPS) is 17.5. The quantitative estimate of drug-likeness (QED) is 0.778. The van der Waals surface area contributed by atoms with E-state index >= 15 is 0 Å². The SMILES string of the molecule is Cc1cc(C(=O)NCC(C)C)ccc1NC(=O)C1CCNC1. The fourth-order valence-electron chi connectivity index (χ4n) is 2.46. The van der Waals surface area contributed by atoms with Crippen LogP contribution in [0.25, 0.3) is 0 Å². The van der Waals surface area contributed by atoms with Gasteiger partial charge in [-0.05, 0) is 49.6 Å². The number of hydrogen-bond donors (Lipinski definition) is 3.